The molecule has 1 fully saturated rings. The highest BCUT2D eigenvalue weighted by molar-refractivity contribution is 5.68. The number of likely N-dealkylation sites (tertiary alicyclic amines) is 1. The summed E-state index contributed by atoms with van der Waals surface area (Å²) in [6.45, 7) is 9.46. The normalized spacial score (nSPS) is 21.5. The summed E-state index contributed by atoms with van der Waals surface area (Å²) in [5, 5.41) is 12.3. The molecule has 0 saturated carbocycles. The van der Waals surface area contributed by atoms with Crippen LogP contribution in [-0.2, 0) is 4.74 Å². The van der Waals surface area contributed by atoms with Crippen molar-refractivity contribution in [2.45, 2.75) is 64.6 Å². The lowest BCUT2D eigenvalue weighted by Crippen LogP contribution is -2.41. The molecule has 0 aliphatic carbocycles. The highest BCUT2D eigenvalue weighted by Gasteiger charge is 2.30. The van der Waals surface area contributed by atoms with Crippen molar-refractivity contribution in [1.82, 2.24) is 10.2 Å². The number of amides is 1. The van der Waals surface area contributed by atoms with Gasteiger partial charge in [-0.15, -0.1) is 0 Å². The van der Waals surface area contributed by atoms with Gasteiger partial charge >= 0.3 is 6.09 Å². The van der Waals surface area contributed by atoms with E-state index in [0.717, 1.165) is 25.8 Å². The van der Waals surface area contributed by atoms with E-state index in [2.05, 4.69) is 12.2 Å². The summed E-state index contributed by atoms with van der Waals surface area (Å²) in [7, 11) is 0. The van der Waals surface area contributed by atoms with Crippen LogP contribution in [0, 0.1) is 0 Å². The third-order valence-corrected chi connectivity index (χ3v) is 3.16. The summed E-state index contributed by atoms with van der Waals surface area (Å²) in [5.74, 6) is 0. The molecular formula is C14H28N2O3. The molecule has 19 heavy (non-hydrogen) atoms. The Kier molecular flexibility index (Phi) is 6.07. The van der Waals surface area contributed by atoms with E-state index in [-0.39, 0.29) is 12.7 Å². The van der Waals surface area contributed by atoms with Gasteiger partial charge in [-0.1, -0.05) is 0 Å². The van der Waals surface area contributed by atoms with E-state index < -0.39 is 5.60 Å². The summed E-state index contributed by atoms with van der Waals surface area (Å²) < 4.78 is 5.37. The molecule has 2 atom stereocenters. The van der Waals surface area contributed by atoms with Crippen LogP contribution < -0.4 is 5.32 Å². The molecule has 1 amide bonds. The molecule has 1 rings (SSSR count). The van der Waals surface area contributed by atoms with Gasteiger partial charge < -0.3 is 20.1 Å². The van der Waals surface area contributed by atoms with E-state index in [9.17, 15) is 4.79 Å². The van der Waals surface area contributed by atoms with E-state index in [4.69, 9.17) is 9.84 Å². The number of carbonyl (C=O) groups excluding carboxylic acids is 1. The van der Waals surface area contributed by atoms with Gasteiger partial charge in [0.25, 0.3) is 0 Å². The lowest BCUT2D eigenvalue weighted by Gasteiger charge is -2.25. The summed E-state index contributed by atoms with van der Waals surface area (Å²) in [5.41, 5.74) is -0.434. The predicted octanol–water partition coefficient (Wildman–Crippen LogP) is 1.75. The summed E-state index contributed by atoms with van der Waals surface area (Å²) >= 11 is 0. The first-order valence-electron chi connectivity index (χ1n) is 7.16. The Labute approximate surface area is 116 Å². The Bertz CT molecular complexity index is 289. The van der Waals surface area contributed by atoms with Crippen molar-refractivity contribution >= 4 is 6.09 Å². The van der Waals surface area contributed by atoms with Gasteiger partial charge in [-0.05, 0) is 47.0 Å². The summed E-state index contributed by atoms with van der Waals surface area (Å²) in [6.07, 6.45) is 2.51. The molecule has 0 aromatic carbocycles. The highest BCUT2D eigenvalue weighted by atomic mass is 16.6. The molecule has 1 heterocycles. The molecule has 5 nitrogen and oxygen atoms in total. The van der Waals surface area contributed by atoms with Gasteiger partial charge in [0.1, 0.15) is 5.60 Å². The van der Waals surface area contributed by atoms with Gasteiger partial charge in [-0.25, -0.2) is 4.79 Å². The number of nitrogens with zero attached hydrogens (tertiary/aromatic N) is 1. The van der Waals surface area contributed by atoms with Gasteiger partial charge in [0.05, 0.1) is 0 Å². The van der Waals surface area contributed by atoms with Crippen molar-refractivity contribution in [3.05, 3.63) is 0 Å². The SMILES string of the molecule is CC(CCCO)NC1CCN(C(=O)OC(C)(C)C)C1. The van der Waals surface area contributed by atoms with E-state index in [1.165, 1.54) is 0 Å². The zero-order valence-corrected chi connectivity index (χ0v) is 12.6. The maximum atomic E-state index is 11.9. The minimum Gasteiger partial charge on any atom is -0.444 e. The van der Waals surface area contributed by atoms with Crippen LogP contribution in [0.15, 0.2) is 0 Å². The predicted molar refractivity (Wildman–Crippen MR) is 75.1 cm³/mol. The second-order valence-electron chi connectivity index (χ2n) is 6.35. The average molecular weight is 272 g/mol. The maximum Gasteiger partial charge on any atom is 0.410 e. The smallest absolute Gasteiger partial charge is 0.410 e. The second-order valence-corrected chi connectivity index (χ2v) is 6.35. The van der Waals surface area contributed by atoms with Crippen molar-refractivity contribution < 1.29 is 14.6 Å². The van der Waals surface area contributed by atoms with Crippen LogP contribution in [0.1, 0.15) is 47.0 Å². The van der Waals surface area contributed by atoms with Gasteiger partial charge in [0.15, 0.2) is 0 Å². The van der Waals surface area contributed by atoms with Crippen molar-refractivity contribution in [2.75, 3.05) is 19.7 Å². The molecule has 0 bridgehead atoms. The third kappa shape index (κ3) is 6.25. The number of hydrogen-bond acceptors (Lipinski definition) is 4. The largest absolute Gasteiger partial charge is 0.444 e. The van der Waals surface area contributed by atoms with Gasteiger partial charge in [0, 0.05) is 31.8 Å². The van der Waals surface area contributed by atoms with Crippen LogP contribution in [-0.4, -0.2) is 53.5 Å². The van der Waals surface area contributed by atoms with E-state index in [1.807, 2.05) is 20.8 Å². The Balaban J connectivity index is 2.31. The fourth-order valence-electron chi connectivity index (χ4n) is 2.27. The summed E-state index contributed by atoms with van der Waals surface area (Å²) in [4.78, 5) is 13.7. The van der Waals surface area contributed by atoms with Crippen LogP contribution in [0.4, 0.5) is 4.79 Å². The zero-order chi connectivity index (χ0) is 14.5. The van der Waals surface area contributed by atoms with Crippen LogP contribution in [0.3, 0.4) is 0 Å². The molecule has 0 aromatic rings. The fraction of sp³-hybridized carbons (Fsp3) is 0.929. The highest BCUT2D eigenvalue weighted by Crippen LogP contribution is 2.16. The molecule has 1 aliphatic rings. The van der Waals surface area contributed by atoms with Crippen LogP contribution in [0.2, 0.25) is 0 Å². The standard InChI is InChI=1S/C14H28N2O3/c1-11(6-5-9-17)15-12-7-8-16(10-12)13(18)19-14(2,3)4/h11-12,15,17H,5-10H2,1-4H3. The Morgan fingerprint density at radius 2 is 2.21 bits per heavy atom. The fourth-order valence-corrected chi connectivity index (χ4v) is 2.27. The third-order valence-electron chi connectivity index (χ3n) is 3.16. The van der Waals surface area contributed by atoms with Crippen LogP contribution >= 0.6 is 0 Å². The second kappa shape index (κ2) is 7.10. The Hall–Kier alpha value is -0.810. The quantitative estimate of drug-likeness (QED) is 0.800. The number of aliphatic hydroxyl groups excluding tert-OH is 1. The first-order chi connectivity index (χ1) is 8.81. The van der Waals surface area contributed by atoms with Crippen molar-refractivity contribution in [1.29, 1.82) is 0 Å². The molecule has 1 saturated heterocycles. The molecule has 2 N–H and O–H groups in total. The molecular weight excluding hydrogens is 244 g/mol. The summed E-state index contributed by atoms with van der Waals surface area (Å²) in [6, 6.07) is 0.706. The molecule has 0 radical (unpaired) electrons. The van der Waals surface area contributed by atoms with Crippen molar-refractivity contribution in [2.24, 2.45) is 0 Å². The molecule has 5 heteroatoms. The molecule has 2 unspecified atom stereocenters. The lowest BCUT2D eigenvalue weighted by molar-refractivity contribution is 0.0290. The van der Waals surface area contributed by atoms with Gasteiger partial charge in [-0.3, -0.25) is 0 Å². The number of ether oxygens (including phenoxy) is 1. The van der Waals surface area contributed by atoms with E-state index >= 15 is 0 Å². The number of aliphatic hydroxyl groups is 1. The Morgan fingerprint density at radius 1 is 1.53 bits per heavy atom. The van der Waals surface area contributed by atoms with Gasteiger partial charge in [-0.2, -0.15) is 0 Å². The minimum atomic E-state index is -0.434. The van der Waals surface area contributed by atoms with E-state index in [0.29, 0.717) is 18.6 Å². The number of nitrogens with one attached hydrogen (secondary N) is 1. The molecule has 0 aromatic heterocycles. The first kappa shape index (κ1) is 16.2. The minimum absolute atomic E-state index is 0.222. The van der Waals surface area contributed by atoms with Crippen LogP contribution in [0.5, 0.6) is 0 Å². The lowest BCUT2D eigenvalue weighted by atomic mass is 10.1. The van der Waals surface area contributed by atoms with Crippen LogP contribution in [0.25, 0.3) is 0 Å². The number of carbonyl (C=O) groups is 1. The number of hydrogen-bond donors (Lipinski definition) is 2. The molecule has 0 spiro atoms. The topological polar surface area (TPSA) is 61.8 Å². The van der Waals surface area contributed by atoms with Gasteiger partial charge in [0.2, 0.25) is 0 Å². The zero-order valence-electron chi connectivity index (χ0n) is 12.6. The number of rotatable bonds is 5. The Morgan fingerprint density at radius 3 is 2.79 bits per heavy atom. The molecule has 1 aliphatic heterocycles. The molecule has 112 valence electrons. The maximum absolute atomic E-state index is 11.9. The first-order valence-corrected chi connectivity index (χ1v) is 7.16. The average Bonchev–Trinajstić information content (AvgIpc) is 2.72. The monoisotopic (exact) mass is 272 g/mol. The van der Waals surface area contributed by atoms with E-state index in [1.54, 1.807) is 4.90 Å². The van der Waals surface area contributed by atoms with Crippen molar-refractivity contribution in [3.63, 3.8) is 0 Å². The van der Waals surface area contributed by atoms with Crippen molar-refractivity contribution in [3.8, 4) is 0 Å².